The highest BCUT2D eigenvalue weighted by Gasteiger charge is 2.28. The van der Waals surface area contributed by atoms with Gasteiger partial charge in [0.2, 0.25) is 0 Å². The Morgan fingerprint density at radius 1 is 1.32 bits per heavy atom. The summed E-state index contributed by atoms with van der Waals surface area (Å²) in [4.78, 5) is 0. The fourth-order valence-corrected chi connectivity index (χ4v) is 2.68. The number of nitrogens with one attached hydrogen (secondary N) is 1. The number of benzene rings is 1. The van der Waals surface area contributed by atoms with Crippen molar-refractivity contribution < 1.29 is 4.74 Å². The molecule has 0 amide bonds. The van der Waals surface area contributed by atoms with E-state index >= 15 is 0 Å². The molecular weight excluding hydrogens is 234 g/mol. The van der Waals surface area contributed by atoms with Gasteiger partial charge in [0.05, 0.1) is 6.10 Å². The van der Waals surface area contributed by atoms with Crippen molar-refractivity contribution in [2.75, 3.05) is 6.54 Å². The number of hydrogen-bond donors (Lipinski definition) is 1. The van der Waals surface area contributed by atoms with E-state index in [1.165, 1.54) is 31.2 Å². The van der Waals surface area contributed by atoms with E-state index < -0.39 is 0 Å². The zero-order chi connectivity index (χ0) is 13.7. The largest absolute Gasteiger partial charge is 0.491 e. The van der Waals surface area contributed by atoms with Crippen LogP contribution in [0, 0.1) is 5.92 Å². The highest BCUT2D eigenvalue weighted by atomic mass is 16.5. The third-order valence-electron chi connectivity index (χ3n) is 3.82. The molecule has 0 bridgehead atoms. The van der Waals surface area contributed by atoms with Gasteiger partial charge < -0.3 is 10.1 Å². The lowest BCUT2D eigenvalue weighted by molar-refractivity contribution is 0.227. The van der Waals surface area contributed by atoms with Crippen LogP contribution < -0.4 is 10.1 Å². The second kappa shape index (κ2) is 6.95. The Morgan fingerprint density at radius 3 is 2.68 bits per heavy atom. The summed E-state index contributed by atoms with van der Waals surface area (Å²) in [6.07, 6.45) is 5.52. The lowest BCUT2D eigenvalue weighted by Crippen LogP contribution is -2.32. The van der Waals surface area contributed by atoms with Crippen LogP contribution in [-0.2, 0) is 0 Å². The topological polar surface area (TPSA) is 21.3 Å². The molecule has 106 valence electrons. The first kappa shape index (κ1) is 14.4. The molecule has 1 aromatic rings. The minimum absolute atomic E-state index is 0.237. The van der Waals surface area contributed by atoms with E-state index in [1.807, 2.05) is 0 Å². The van der Waals surface area contributed by atoms with Gasteiger partial charge >= 0.3 is 0 Å². The van der Waals surface area contributed by atoms with Crippen LogP contribution in [0.5, 0.6) is 5.75 Å². The van der Waals surface area contributed by atoms with Crippen molar-refractivity contribution in [2.45, 2.75) is 58.6 Å². The summed E-state index contributed by atoms with van der Waals surface area (Å²) >= 11 is 0. The van der Waals surface area contributed by atoms with Crippen LogP contribution in [-0.4, -0.2) is 12.6 Å². The molecule has 1 atom stereocenters. The summed E-state index contributed by atoms with van der Waals surface area (Å²) in [5, 5.41) is 3.71. The van der Waals surface area contributed by atoms with Crippen molar-refractivity contribution >= 4 is 0 Å². The van der Waals surface area contributed by atoms with E-state index in [2.05, 4.69) is 50.4 Å². The number of rotatable bonds is 7. The average Bonchev–Trinajstić information content (AvgIpc) is 2.31. The van der Waals surface area contributed by atoms with Gasteiger partial charge in [-0.3, -0.25) is 0 Å². The van der Waals surface area contributed by atoms with Crippen molar-refractivity contribution in [3.05, 3.63) is 29.8 Å². The molecule has 1 saturated carbocycles. The molecular formula is C17H27NO. The van der Waals surface area contributed by atoms with E-state index in [1.54, 1.807) is 0 Å². The van der Waals surface area contributed by atoms with Crippen LogP contribution >= 0.6 is 0 Å². The van der Waals surface area contributed by atoms with Gasteiger partial charge in [-0.25, -0.2) is 0 Å². The first-order chi connectivity index (χ1) is 9.20. The van der Waals surface area contributed by atoms with Crippen molar-refractivity contribution in [2.24, 2.45) is 5.92 Å². The van der Waals surface area contributed by atoms with Crippen molar-refractivity contribution in [3.8, 4) is 5.75 Å². The standard InChI is InChI=1S/C17H27NO/c1-4-11-18-17(14-7-5-8-14)15-9-6-10-16(12-15)19-13(2)3/h6,9-10,12-14,17-18H,4-5,7-8,11H2,1-3H3. The summed E-state index contributed by atoms with van der Waals surface area (Å²) in [5.41, 5.74) is 1.39. The number of hydrogen-bond acceptors (Lipinski definition) is 2. The zero-order valence-electron chi connectivity index (χ0n) is 12.5. The monoisotopic (exact) mass is 261 g/mol. The van der Waals surface area contributed by atoms with Gasteiger partial charge in [0, 0.05) is 6.04 Å². The number of ether oxygens (including phenoxy) is 1. The summed E-state index contributed by atoms with van der Waals surface area (Å²) in [6, 6.07) is 9.13. The normalized spacial score (nSPS) is 17.3. The first-order valence-corrected chi connectivity index (χ1v) is 7.70. The van der Waals surface area contributed by atoms with Crippen LogP contribution in [0.2, 0.25) is 0 Å². The van der Waals surface area contributed by atoms with Crippen LogP contribution in [0.25, 0.3) is 0 Å². The first-order valence-electron chi connectivity index (χ1n) is 7.70. The van der Waals surface area contributed by atoms with Gasteiger partial charge in [0.1, 0.15) is 5.75 Å². The summed E-state index contributed by atoms with van der Waals surface area (Å²) in [7, 11) is 0. The minimum Gasteiger partial charge on any atom is -0.491 e. The Morgan fingerprint density at radius 2 is 2.11 bits per heavy atom. The van der Waals surface area contributed by atoms with E-state index in [-0.39, 0.29) is 6.10 Å². The summed E-state index contributed by atoms with van der Waals surface area (Å²) in [6.45, 7) is 7.47. The average molecular weight is 261 g/mol. The molecule has 1 aliphatic carbocycles. The Kier molecular flexibility index (Phi) is 5.26. The highest BCUT2D eigenvalue weighted by molar-refractivity contribution is 5.31. The van der Waals surface area contributed by atoms with Crippen LogP contribution in [0.4, 0.5) is 0 Å². The fourth-order valence-electron chi connectivity index (χ4n) is 2.68. The smallest absolute Gasteiger partial charge is 0.120 e. The quantitative estimate of drug-likeness (QED) is 0.789. The van der Waals surface area contributed by atoms with Gasteiger partial charge in [0.15, 0.2) is 0 Å². The van der Waals surface area contributed by atoms with Gasteiger partial charge in [-0.2, -0.15) is 0 Å². The van der Waals surface area contributed by atoms with Gasteiger partial charge in [-0.15, -0.1) is 0 Å². The van der Waals surface area contributed by atoms with Crippen LogP contribution in [0.1, 0.15) is 58.1 Å². The SMILES string of the molecule is CCCNC(c1cccc(OC(C)C)c1)C1CCC1. The predicted octanol–water partition coefficient (Wildman–Crippen LogP) is 4.31. The Labute approximate surface area is 117 Å². The fraction of sp³-hybridized carbons (Fsp3) is 0.647. The third kappa shape index (κ3) is 3.97. The molecule has 2 nitrogen and oxygen atoms in total. The van der Waals surface area contributed by atoms with E-state index in [4.69, 9.17) is 4.74 Å². The molecule has 0 spiro atoms. The maximum absolute atomic E-state index is 5.81. The molecule has 2 heteroatoms. The lowest BCUT2D eigenvalue weighted by Gasteiger charge is -2.35. The third-order valence-corrected chi connectivity index (χ3v) is 3.82. The van der Waals surface area contributed by atoms with E-state index in [9.17, 15) is 0 Å². The van der Waals surface area contributed by atoms with E-state index in [0.29, 0.717) is 6.04 Å². The molecule has 0 aliphatic heterocycles. The molecule has 1 N–H and O–H groups in total. The molecule has 0 aromatic heterocycles. The van der Waals surface area contributed by atoms with Gasteiger partial charge in [-0.05, 0) is 63.3 Å². The van der Waals surface area contributed by atoms with Gasteiger partial charge in [-0.1, -0.05) is 25.5 Å². The van der Waals surface area contributed by atoms with Crippen molar-refractivity contribution in [1.82, 2.24) is 5.32 Å². The van der Waals surface area contributed by atoms with Gasteiger partial charge in [0.25, 0.3) is 0 Å². The molecule has 0 saturated heterocycles. The Hall–Kier alpha value is -1.02. The van der Waals surface area contributed by atoms with Crippen LogP contribution in [0.15, 0.2) is 24.3 Å². The van der Waals surface area contributed by atoms with Crippen molar-refractivity contribution in [1.29, 1.82) is 0 Å². The summed E-state index contributed by atoms with van der Waals surface area (Å²) < 4.78 is 5.81. The molecule has 19 heavy (non-hydrogen) atoms. The second-order valence-electron chi connectivity index (χ2n) is 5.86. The zero-order valence-corrected chi connectivity index (χ0v) is 12.5. The predicted molar refractivity (Wildman–Crippen MR) is 80.6 cm³/mol. The minimum atomic E-state index is 0.237. The second-order valence-corrected chi connectivity index (χ2v) is 5.86. The molecule has 1 aliphatic rings. The molecule has 1 fully saturated rings. The molecule has 1 aromatic carbocycles. The van der Waals surface area contributed by atoms with Crippen molar-refractivity contribution in [3.63, 3.8) is 0 Å². The van der Waals surface area contributed by atoms with Crippen LogP contribution in [0.3, 0.4) is 0 Å². The molecule has 0 radical (unpaired) electrons. The maximum atomic E-state index is 5.81. The Balaban J connectivity index is 2.10. The molecule has 0 heterocycles. The molecule has 2 rings (SSSR count). The highest BCUT2D eigenvalue weighted by Crippen LogP contribution is 2.38. The summed E-state index contributed by atoms with van der Waals surface area (Å²) in [5.74, 6) is 1.80. The Bertz CT molecular complexity index is 385. The maximum Gasteiger partial charge on any atom is 0.120 e. The molecule has 1 unspecified atom stereocenters. The lowest BCUT2D eigenvalue weighted by atomic mass is 9.77. The van der Waals surface area contributed by atoms with E-state index in [0.717, 1.165) is 18.2 Å².